The largest absolute Gasteiger partial charge is 0.322 e. The van der Waals surface area contributed by atoms with Crippen molar-refractivity contribution in [2.45, 2.75) is 6.54 Å². The second kappa shape index (κ2) is 9.37. The molecule has 0 saturated heterocycles. The topological polar surface area (TPSA) is 32.3 Å². The zero-order valence-electron chi connectivity index (χ0n) is 19.1. The van der Waals surface area contributed by atoms with Crippen molar-refractivity contribution < 1.29 is 0 Å². The third kappa shape index (κ3) is 4.09. The third-order valence-corrected chi connectivity index (χ3v) is 7.34. The highest BCUT2D eigenvalue weighted by molar-refractivity contribution is 7.15. The van der Waals surface area contributed by atoms with Gasteiger partial charge in [-0.25, -0.2) is 0 Å². The number of hydrogen-bond acceptors (Lipinski definition) is 5. The molecule has 172 valence electrons. The number of hydrogen-bond donors (Lipinski definition) is 0. The fraction of sp³-hybridized carbons (Fsp3) is 0.0345. The van der Waals surface area contributed by atoms with Gasteiger partial charge in [0.25, 0.3) is 0 Å². The first-order valence-corrected chi connectivity index (χ1v) is 12.2. The van der Waals surface area contributed by atoms with Crippen LogP contribution in [0.1, 0.15) is 15.3 Å². The molecule has 0 spiro atoms. The first-order chi connectivity index (χ1) is 17.0. The molecule has 3 aromatic heterocycles. The van der Waals surface area contributed by atoms with E-state index < -0.39 is 0 Å². The van der Waals surface area contributed by atoms with Gasteiger partial charge in [0.2, 0.25) is 0 Å². The van der Waals surface area contributed by atoms with Crippen LogP contribution in [-0.2, 0) is 6.54 Å². The van der Waals surface area contributed by atoms with Crippen LogP contribution in [0.5, 0.6) is 0 Å². The quantitative estimate of drug-likeness (QED) is 0.254. The van der Waals surface area contributed by atoms with Crippen molar-refractivity contribution in [1.82, 2.24) is 9.97 Å². The molecule has 6 heteroatoms. The summed E-state index contributed by atoms with van der Waals surface area (Å²) >= 11 is 7.98. The average molecular weight is 495 g/mol. The Hall–Kier alpha value is -3.93. The van der Waals surface area contributed by atoms with Gasteiger partial charge < -0.3 is 4.90 Å². The molecule has 0 atom stereocenters. The first-order valence-electron chi connectivity index (χ1n) is 11.0. The van der Waals surface area contributed by atoms with Gasteiger partial charge in [0.15, 0.2) is 0 Å². The molecule has 0 bridgehead atoms. The molecule has 0 radical (unpaired) electrons. The zero-order chi connectivity index (χ0) is 24.5. The summed E-state index contributed by atoms with van der Waals surface area (Å²) in [5.41, 5.74) is 4.74. The van der Waals surface area contributed by atoms with Gasteiger partial charge in [-0.05, 0) is 23.8 Å². The van der Waals surface area contributed by atoms with Gasteiger partial charge in [-0.15, -0.1) is 11.3 Å². The lowest BCUT2D eigenvalue weighted by Gasteiger charge is -2.41. The molecule has 1 aliphatic rings. The standard InChI is InChI=1S/C29H23ClN4S/c1-5-8-24(19(2)30)28-15-26-29(35-28)20(3)34(21(4)33(26)18-22-11-13-31-14-12-22)27-17-32-16-23-9-6-7-10-25(23)27/h5-17H,1-4,18H2/b24-8+. The highest BCUT2D eigenvalue weighted by Gasteiger charge is 2.33. The van der Waals surface area contributed by atoms with Crippen LogP contribution in [-0.4, -0.2) is 9.97 Å². The van der Waals surface area contributed by atoms with Crippen LogP contribution in [0.25, 0.3) is 22.0 Å². The summed E-state index contributed by atoms with van der Waals surface area (Å²) in [5, 5.41) is 2.59. The van der Waals surface area contributed by atoms with Crippen LogP contribution in [0.15, 0.2) is 117 Å². The average Bonchev–Trinajstić information content (AvgIpc) is 3.31. The molecule has 4 heterocycles. The smallest absolute Gasteiger partial charge is 0.111 e. The van der Waals surface area contributed by atoms with E-state index in [4.69, 9.17) is 11.6 Å². The number of nitrogens with zero attached hydrogens (tertiary/aromatic N) is 4. The van der Waals surface area contributed by atoms with Crippen molar-refractivity contribution in [3.63, 3.8) is 0 Å². The maximum atomic E-state index is 6.36. The summed E-state index contributed by atoms with van der Waals surface area (Å²) < 4.78 is 0. The normalized spacial score (nSPS) is 13.8. The summed E-state index contributed by atoms with van der Waals surface area (Å²) in [5.74, 6) is 0.792. The van der Waals surface area contributed by atoms with Crippen LogP contribution in [0.2, 0.25) is 0 Å². The fourth-order valence-electron chi connectivity index (χ4n) is 4.27. The maximum absolute atomic E-state index is 6.36. The molecule has 4 nitrogen and oxygen atoms in total. The first kappa shape index (κ1) is 22.8. The van der Waals surface area contributed by atoms with E-state index >= 15 is 0 Å². The van der Waals surface area contributed by atoms with E-state index in [9.17, 15) is 0 Å². The van der Waals surface area contributed by atoms with E-state index in [1.807, 2.05) is 42.7 Å². The molecular formula is C29H23ClN4S. The van der Waals surface area contributed by atoms with Gasteiger partial charge in [-0.3, -0.25) is 14.9 Å². The molecule has 5 rings (SSSR count). The number of allylic oxidation sites excluding steroid dienone is 4. The van der Waals surface area contributed by atoms with E-state index in [-0.39, 0.29) is 0 Å². The number of anilines is 2. The minimum absolute atomic E-state index is 0.462. The molecule has 0 aliphatic carbocycles. The van der Waals surface area contributed by atoms with Gasteiger partial charge in [0.1, 0.15) is 5.82 Å². The van der Waals surface area contributed by atoms with Crippen molar-refractivity contribution in [2.75, 3.05) is 9.80 Å². The van der Waals surface area contributed by atoms with E-state index in [1.54, 1.807) is 29.8 Å². The van der Waals surface area contributed by atoms with Gasteiger partial charge in [-0.1, -0.05) is 74.3 Å². The molecular weight excluding hydrogens is 472 g/mol. The number of thiophene rings is 1. The summed E-state index contributed by atoms with van der Waals surface area (Å²) in [7, 11) is 0. The van der Waals surface area contributed by atoms with Crippen LogP contribution in [0.3, 0.4) is 0 Å². The Kier molecular flexibility index (Phi) is 6.12. The Bertz CT molecular complexity index is 1510. The molecule has 4 aromatic rings. The Morgan fingerprint density at radius 3 is 2.54 bits per heavy atom. The maximum Gasteiger partial charge on any atom is 0.111 e. The third-order valence-electron chi connectivity index (χ3n) is 5.93. The number of halogens is 1. The Balaban J connectivity index is 1.70. The van der Waals surface area contributed by atoms with Crippen LogP contribution in [0.4, 0.5) is 11.4 Å². The van der Waals surface area contributed by atoms with Crippen molar-refractivity contribution in [3.8, 4) is 0 Å². The molecule has 0 fully saturated rings. The lowest BCUT2D eigenvalue weighted by Crippen LogP contribution is -2.37. The molecule has 1 aromatic carbocycles. The van der Waals surface area contributed by atoms with Crippen molar-refractivity contribution in [2.24, 2.45) is 0 Å². The molecule has 35 heavy (non-hydrogen) atoms. The van der Waals surface area contributed by atoms with E-state index in [0.717, 1.165) is 54.6 Å². The Labute approximate surface area is 214 Å². The minimum atomic E-state index is 0.462. The number of fused-ring (bicyclic) bond motifs is 2. The van der Waals surface area contributed by atoms with E-state index in [1.165, 1.54) is 0 Å². The van der Waals surface area contributed by atoms with Crippen LogP contribution in [0, 0.1) is 0 Å². The van der Waals surface area contributed by atoms with Gasteiger partial charge in [-0.2, -0.15) is 0 Å². The van der Waals surface area contributed by atoms with Crippen LogP contribution < -0.4 is 9.80 Å². The summed E-state index contributed by atoms with van der Waals surface area (Å²) in [6.45, 7) is 17.4. The lowest BCUT2D eigenvalue weighted by molar-refractivity contribution is 0.873. The van der Waals surface area contributed by atoms with Gasteiger partial charge in [0.05, 0.1) is 28.1 Å². The predicted molar refractivity (Wildman–Crippen MR) is 150 cm³/mol. The second-order valence-corrected chi connectivity index (χ2v) is 9.57. The minimum Gasteiger partial charge on any atom is -0.322 e. The fourth-order valence-corrected chi connectivity index (χ4v) is 5.67. The number of pyridine rings is 2. The highest BCUT2D eigenvalue weighted by Crippen LogP contribution is 2.49. The number of benzene rings is 1. The lowest BCUT2D eigenvalue weighted by atomic mass is 10.1. The molecule has 0 N–H and O–H groups in total. The van der Waals surface area contributed by atoms with Crippen molar-refractivity contribution in [1.29, 1.82) is 0 Å². The Morgan fingerprint density at radius 2 is 1.80 bits per heavy atom. The molecule has 0 amide bonds. The van der Waals surface area contributed by atoms with Gasteiger partial charge >= 0.3 is 0 Å². The second-order valence-electron chi connectivity index (χ2n) is 8.07. The number of aromatic nitrogens is 2. The van der Waals surface area contributed by atoms with E-state index in [0.29, 0.717) is 11.6 Å². The monoisotopic (exact) mass is 494 g/mol. The molecule has 0 unspecified atom stereocenters. The zero-order valence-corrected chi connectivity index (χ0v) is 20.7. The molecule has 0 saturated carbocycles. The van der Waals surface area contributed by atoms with Gasteiger partial charge in [0, 0.05) is 51.4 Å². The Morgan fingerprint density at radius 1 is 1.03 bits per heavy atom. The van der Waals surface area contributed by atoms with Crippen molar-refractivity contribution in [3.05, 3.63) is 132 Å². The van der Waals surface area contributed by atoms with E-state index in [2.05, 4.69) is 64.3 Å². The van der Waals surface area contributed by atoms with Crippen molar-refractivity contribution >= 4 is 56.4 Å². The summed E-state index contributed by atoms with van der Waals surface area (Å²) in [4.78, 5) is 15.0. The summed E-state index contributed by atoms with van der Waals surface area (Å²) in [6.07, 6.45) is 10.9. The molecule has 1 aliphatic heterocycles. The highest BCUT2D eigenvalue weighted by atomic mass is 35.5. The predicted octanol–water partition coefficient (Wildman–Crippen LogP) is 7.98. The van der Waals surface area contributed by atoms with Crippen LogP contribution >= 0.6 is 22.9 Å². The number of rotatable bonds is 6. The summed E-state index contributed by atoms with van der Waals surface area (Å²) in [6, 6.07) is 14.3. The SMILES string of the molecule is C=C/C=C(\C(=C)Cl)c1cc2c(s1)C(=C)N(c1cncc3ccccc13)C(=C)N2Cc1ccncc1.